The van der Waals surface area contributed by atoms with Crippen LogP contribution in [0, 0.1) is 12.3 Å². The molecule has 116 valence electrons. The largest absolute Gasteiger partial charge is 0.311 e. The third-order valence-corrected chi connectivity index (χ3v) is 3.62. The van der Waals surface area contributed by atoms with Crippen molar-refractivity contribution in [1.29, 1.82) is 0 Å². The summed E-state index contributed by atoms with van der Waals surface area (Å²) in [5.41, 5.74) is 0.396. The molecule has 0 spiro atoms. The Bertz CT molecular complexity index is 752. The number of amides is 1. The third kappa shape index (κ3) is 3.61. The van der Waals surface area contributed by atoms with Gasteiger partial charge in [0.15, 0.2) is 5.66 Å². The Morgan fingerprint density at radius 3 is 2.70 bits per heavy atom. The SMILES string of the molecule is C#CCCC1(CCC(=O)Nc2ccnn2-c2ccncc2)N=N1. The second kappa shape index (κ2) is 6.40. The summed E-state index contributed by atoms with van der Waals surface area (Å²) >= 11 is 0. The van der Waals surface area contributed by atoms with Crippen molar-refractivity contribution < 1.29 is 4.79 Å². The number of carbonyl (C=O) groups is 1. The van der Waals surface area contributed by atoms with E-state index in [2.05, 4.69) is 31.5 Å². The van der Waals surface area contributed by atoms with Crippen molar-refractivity contribution in [3.05, 3.63) is 36.8 Å². The van der Waals surface area contributed by atoms with E-state index in [-0.39, 0.29) is 5.91 Å². The number of nitrogens with zero attached hydrogens (tertiary/aromatic N) is 5. The summed E-state index contributed by atoms with van der Waals surface area (Å²) < 4.78 is 1.65. The molecule has 0 radical (unpaired) electrons. The first-order chi connectivity index (χ1) is 11.2. The van der Waals surface area contributed by atoms with Crippen LogP contribution < -0.4 is 5.32 Å². The number of hydrogen-bond donors (Lipinski definition) is 1. The van der Waals surface area contributed by atoms with Gasteiger partial charge in [0.2, 0.25) is 5.91 Å². The Balaban J connectivity index is 1.57. The minimum atomic E-state index is -0.435. The summed E-state index contributed by atoms with van der Waals surface area (Å²) in [6, 6.07) is 5.39. The maximum absolute atomic E-state index is 12.2. The van der Waals surface area contributed by atoms with Crippen LogP contribution in [0.5, 0.6) is 0 Å². The lowest BCUT2D eigenvalue weighted by molar-refractivity contribution is -0.116. The van der Waals surface area contributed by atoms with Gasteiger partial charge in [-0.3, -0.25) is 9.78 Å². The normalized spacial score (nSPS) is 14.2. The summed E-state index contributed by atoms with van der Waals surface area (Å²) in [6.45, 7) is 0. The lowest BCUT2D eigenvalue weighted by Gasteiger charge is -2.10. The van der Waals surface area contributed by atoms with Gasteiger partial charge in [-0.25, -0.2) is 4.68 Å². The van der Waals surface area contributed by atoms with Crippen molar-refractivity contribution in [2.75, 3.05) is 5.32 Å². The molecule has 1 amide bonds. The van der Waals surface area contributed by atoms with Crippen molar-refractivity contribution in [2.24, 2.45) is 10.2 Å². The third-order valence-electron chi connectivity index (χ3n) is 3.62. The second-order valence-electron chi connectivity index (χ2n) is 5.27. The number of rotatable bonds is 7. The lowest BCUT2D eigenvalue weighted by Crippen LogP contribution is -2.19. The number of aromatic nitrogens is 3. The Hall–Kier alpha value is -3.01. The molecule has 2 aromatic heterocycles. The standard InChI is InChI=1S/C16H16N6O/c1-2-3-8-16(20-21-16)9-4-15(23)19-14-7-12-18-22(14)13-5-10-17-11-6-13/h1,5-7,10-12H,3-4,8-9H2,(H,19,23). The highest BCUT2D eigenvalue weighted by Gasteiger charge is 2.39. The number of nitrogens with one attached hydrogen (secondary N) is 1. The zero-order valence-electron chi connectivity index (χ0n) is 12.5. The average Bonchev–Trinajstić information content (AvgIpc) is 3.21. The molecule has 0 aliphatic carbocycles. The summed E-state index contributed by atoms with van der Waals surface area (Å²) in [5.74, 6) is 3.09. The maximum atomic E-state index is 12.2. The predicted molar refractivity (Wildman–Crippen MR) is 84.9 cm³/mol. The van der Waals surface area contributed by atoms with Crippen LogP contribution in [-0.2, 0) is 4.79 Å². The highest BCUT2D eigenvalue weighted by molar-refractivity contribution is 5.90. The minimum absolute atomic E-state index is 0.0989. The van der Waals surface area contributed by atoms with E-state index < -0.39 is 5.66 Å². The van der Waals surface area contributed by atoms with Gasteiger partial charge in [0.1, 0.15) is 5.82 Å². The maximum Gasteiger partial charge on any atom is 0.225 e. The van der Waals surface area contributed by atoms with E-state index in [0.717, 1.165) is 5.69 Å². The molecule has 0 bridgehead atoms. The fourth-order valence-electron chi connectivity index (χ4n) is 2.28. The van der Waals surface area contributed by atoms with E-state index in [9.17, 15) is 4.79 Å². The lowest BCUT2D eigenvalue weighted by atomic mass is 10.0. The first kappa shape index (κ1) is 14.9. The van der Waals surface area contributed by atoms with Gasteiger partial charge in [-0.05, 0) is 12.1 Å². The van der Waals surface area contributed by atoms with Gasteiger partial charge in [0.25, 0.3) is 0 Å². The molecule has 3 rings (SSSR count). The van der Waals surface area contributed by atoms with Crippen LogP contribution in [0.2, 0.25) is 0 Å². The van der Waals surface area contributed by atoms with E-state index in [1.165, 1.54) is 0 Å². The molecule has 0 aromatic carbocycles. The summed E-state index contributed by atoms with van der Waals surface area (Å²) in [6.07, 6.45) is 12.5. The van der Waals surface area contributed by atoms with Gasteiger partial charge >= 0.3 is 0 Å². The van der Waals surface area contributed by atoms with Crippen LogP contribution in [0.3, 0.4) is 0 Å². The molecule has 2 aromatic rings. The Morgan fingerprint density at radius 1 is 1.22 bits per heavy atom. The monoisotopic (exact) mass is 308 g/mol. The van der Waals surface area contributed by atoms with Crippen molar-refractivity contribution >= 4 is 11.7 Å². The smallest absolute Gasteiger partial charge is 0.225 e. The molecule has 0 atom stereocenters. The molecule has 7 nitrogen and oxygen atoms in total. The molecule has 0 unspecified atom stereocenters. The van der Waals surface area contributed by atoms with E-state index in [1.54, 1.807) is 29.3 Å². The summed E-state index contributed by atoms with van der Waals surface area (Å²) in [4.78, 5) is 16.1. The van der Waals surface area contributed by atoms with Gasteiger partial charge in [0, 0.05) is 44.1 Å². The Kier molecular flexibility index (Phi) is 4.15. The van der Waals surface area contributed by atoms with E-state index in [4.69, 9.17) is 6.42 Å². The first-order valence-corrected chi connectivity index (χ1v) is 7.34. The molecule has 0 saturated carbocycles. The number of anilines is 1. The molecule has 0 fully saturated rings. The zero-order chi connectivity index (χ0) is 16.1. The molecule has 0 saturated heterocycles. The van der Waals surface area contributed by atoms with Crippen molar-refractivity contribution in [3.8, 4) is 18.0 Å². The zero-order valence-corrected chi connectivity index (χ0v) is 12.5. The van der Waals surface area contributed by atoms with Crippen molar-refractivity contribution in [1.82, 2.24) is 14.8 Å². The number of pyridine rings is 1. The molecule has 1 aliphatic rings. The molecule has 1 aliphatic heterocycles. The average molecular weight is 308 g/mol. The van der Waals surface area contributed by atoms with Gasteiger partial charge in [-0.15, -0.1) is 12.3 Å². The number of hydrogen-bond acceptors (Lipinski definition) is 5. The molecule has 3 heterocycles. The van der Waals surface area contributed by atoms with Gasteiger partial charge in [-0.1, -0.05) is 0 Å². The summed E-state index contributed by atoms with van der Waals surface area (Å²) in [5, 5.41) is 15.1. The predicted octanol–water partition coefficient (Wildman–Crippen LogP) is 2.56. The summed E-state index contributed by atoms with van der Waals surface area (Å²) in [7, 11) is 0. The fraction of sp³-hybridized carbons (Fsp3) is 0.312. The van der Waals surface area contributed by atoms with Crippen LogP contribution in [0.4, 0.5) is 5.82 Å². The highest BCUT2D eigenvalue weighted by Crippen LogP contribution is 2.37. The first-order valence-electron chi connectivity index (χ1n) is 7.34. The quantitative estimate of drug-likeness (QED) is 0.798. The Labute approximate surface area is 133 Å². The number of terminal acetylenes is 1. The molecule has 23 heavy (non-hydrogen) atoms. The second-order valence-corrected chi connectivity index (χ2v) is 5.27. The van der Waals surface area contributed by atoms with Gasteiger partial charge in [-0.2, -0.15) is 15.3 Å². The molecule has 1 N–H and O–H groups in total. The van der Waals surface area contributed by atoms with Crippen LogP contribution in [0.1, 0.15) is 25.7 Å². The van der Waals surface area contributed by atoms with Crippen molar-refractivity contribution in [2.45, 2.75) is 31.3 Å². The van der Waals surface area contributed by atoms with Crippen LogP contribution >= 0.6 is 0 Å². The number of carbonyl (C=O) groups excluding carboxylic acids is 1. The van der Waals surface area contributed by atoms with E-state index in [1.807, 2.05) is 12.1 Å². The van der Waals surface area contributed by atoms with Gasteiger partial charge in [0.05, 0.1) is 11.9 Å². The topological polar surface area (TPSA) is 84.5 Å². The van der Waals surface area contributed by atoms with Gasteiger partial charge < -0.3 is 5.32 Å². The highest BCUT2D eigenvalue weighted by atomic mass is 16.1. The van der Waals surface area contributed by atoms with Crippen LogP contribution in [0.15, 0.2) is 47.0 Å². The minimum Gasteiger partial charge on any atom is -0.311 e. The fourth-order valence-corrected chi connectivity index (χ4v) is 2.28. The molecule has 7 heteroatoms. The van der Waals surface area contributed by atoms with Crippen LogP contribution in [0.25, 0.3) is 5.69 Å². The molecular formula is C16H16N6O. The van der Waals surface area contributed by atoms with Crippen LogP contribution in [-0.4, -0.2) is 26.3 Å². The molecular weight excluding hydrogens is 292 g/mol. The van der Waals surface area contributed by atoms with E-state index >= 15 is 0 Å². The Morgan fingerprint density at radius 2 is 2.00 bits per heavy atom. The van der Waals surface area contributed by atoms with E-state index in [0.29, 0.717) is 31.5 Å². The van der Waals surface area contributed by atoms with Crippen molar-refractivity contribution in [3.63, 3.8) is 0 Å².